The Balaban J connectivity index is 1.32. The van der Waals surface area contributed by atoms with Crippen LogP contribution < -0.4 is 21.3 Å². The van der Waals surface area contributed by atoms with Crippen molar-refractivity contribution in [1.82, 2.24) is 10.6 Å². The van der Waals surface area contributed by atoms with Crippen LogP contribution in [-0.4, -0.2) is 61.3 Å². The number of phenolic OH excluding ortho intramolecular Hbond substituents is 2. The molecular weight excluding hydrogens is 432 g/mol. The van der Waals surface area contributed by atoms with Gasteiger partial charge in [0.15, 0.2) is 0 Å². The normalized spacial score (nSPS) is 10.7. The second kappa shape index (κ2) is 16.5. The van der Waals surface area contributed by atoms with Gasteiger partial charge in [-0.05, 0) is 35.4 Å². The summed E-state index contributed by atoms with van der Waals surface area (Å²) in [7, 11) is 0. The molecule has 8 heteroatoms. The minimum atomic E-state index is 0.0122. The number of unbranched alkanes of at least 4 members (excludes halogenated alkanes) is 1. The Morgan fingerprint density at radius 2 is 0.941 bits per heavy atom. The molecule has 2 aromatic rings. The van der Waals surface area contributed by atoms with E-state index < -0.39 is 0 Å². The molecule has 0 heterocycles. The van der Waals surface area contributed by atoms with E-state index in [2.05, 4.69) is 21.3 Å². The van der Waals surface area contributed by atoms with Crippen LogP contribution in [0.25, 0.3) is 0 Å². The first kappa shape index (κ1) is 27.1. The van der Waals surface area contributed by atoms with E-state index in [0.29, 0.717) is 25.9 Å². The second-order valence-electron chi connectivity index (χ2n) is 8.53. The molecule has 0 atom stereocenters. The van der Waals surface area contributed by atoms with Crippen molar-refractivity contribution in [3.05, 3.63) is 59.7 Å². The first-order valence-electron chi connectivity index (χ1n) is 12.3. The Labute approximate surface area is 202 Å². The lowest BCUT2D eigenvalue weighted by Crippen LogP contribution is -2.86. The van der Waals surface area contributed by atoms with Crippen LogP contribution in [0.1, 0.15) is 36.8 Å². The second-order valence-corrected chi connectivity index (χ2v) is 8.53. The van der Waals surface area contributed by atoms with Crippen molar-refractivity contribution in [2.24, 2.45) is 0 Å². The topological polar surface area (TPSA) is 132 Å². The third-order valence-electron chi connectivity index (χ3n) is 5.48. The molecule has 0 aliphatic rings. The van der Waals surface area contributed by atoms with Gasteiger partial charge in [0.2, 0.25) is 11.8 Å². The van der Waals surface area contributed by atoms with Gasteiger partial charge in [-0.3, -0.25) is 9.59 Å². The molecule has 0 aromatic heterocycles. The number of phenols is 2. The summed E-state index contributed by atoms with van der Waals surface area (Å²) in [5.41, 5.74) is 1.79. The highest BCUT2D eigenvalue weighted by molar-refractivity contribution is 5.79. The molecule has 2 rings (SSSR count). The first-order chi connectivity index (χ1) is 16.5. The number of amides is 2. The number of quaternary nitrogens is 2. The molecular formula is C26H40N4O4+2. The smallest absolute Gasteiger partial charge is 0.224 e. The van der Waals surface area contributed by atoms with Gasteiger partial charge in [0.05, 0.1) is 39.0 Å². The Bertz CT molecular complexity index is 769. The molecule has 2 aromatic carbocycles. The molecule has 0 aliphatic heterocycles. The largest absolute Gasteiger partial charge is 0.508 e. The number of hydrogen-bond donors (Lipinski definition) is 6. The zero-order valence-electron chi connectivity index (χ0n) is 20.0. The number of carbonyl (C=O) groups excluding carboxylic acids is 2. The fourth-order valence-corrected chi connectivity index (χ4v) is 3.54. The maximum atomic E-state index is 11.9. The molecule has 8 N–H and O–H groups in total. The van der Waals surface area contributed by atoms with Crippen LogP contribution in [0.5, 0.6) is 11.5 Å². The number of nitrogens with two attached hydrogens (primary N) is 2. The molecule has 0 unspecified atom stereocenters. The molecule has 34 heavy (non-hydrogen) atoms. The lowest BCUT2D eigenvalue weighted by molar-refractivity contribution is -0.664. The van der Waals surface area contributed by atoms with Crippen molar-refractivity contribution in [3.8, 4) is 11.5 Å². The highest BCUT2D eigenvalue weighted by Crippen LogP contribution is 2.10. The summed E-state index contributed by atoms with van der Waals surface area (Å²) in [5.74, 6) is 0.444. The molecule has 0 spiro atoms. The maximum Gasteiger partial charge on any atom is 0.224 e. The SMILES string of the molecule is O=C(Cc1ccc(O)cc1)NCCC[NH2+]CCCC[NH2+]CCCNC(=O)Cc1ccc(O)cc1. The Kier molecular flexibility index (Phi) is 13.2. The zero-order chi connectivity index (χ0) is 24.4. The number of nitrogens with one attached hydrogen (secondary N) is 2. The summed E-state index contributed by atoms with van der Waals surface area (Å²) in [4.78, 5) is 23.8. The number of hydrogen-bond acceptors (Lipinski definition) is 4. The third kappa shape index (κ3) is 12.8. The minimum absolute atomic E-state index is 0.0122. The first-order valence-corrected chi connectivity index (χ1v) is 12.3. The van der Waals surface area contributed by atoms with E-state index in [1.54, 1.807) is 48.5 Å². The van der Waals surface area contributed by atoms with Crippen LogP contribution in [0.3, 0.4) is 0 Å². The summed E-state index contributed by atoms with van der Waals surface area (Å²) >= 11 is 0. The minimum Gasteiger partial charge on any atom is -0.508 e. The van der Waals surface area contributed by atoms with Crippen LogP contribution >= 0.6 is 0 Å². The van der Waals surface area contributed by atoms with Crippen molar-refractivity contribution >= 4 is 11.8 Å². The molecule has 0 saturated heterocycles. The lowest BCUT2D eigenvalue weighted by atomic mass is 10.1. The molecule has 8 nitrogen and oxygen atoms in total. The average Bonchev–Trinajstić information content (AvgIpc) is 2.82. The molecule has 0 radical (unpaired) electrons. The Hall–Kier alpha value is -3.10. The summed E-state index contributed by atoms with van der Waals surface area (Å²) in [5, 5.41) is 29.0. The quantitative estimate of drug-likeness (QED) is 0.178. The van der Waals surface area contributed by atoms with E-state index in [-0.39, 0.29) is 23.3 Å². The van der Waals surface area contributed by atoms with Crippen molar-refractivity contribution in [2.45, 2.75) is 38.5 Å². The predicted molar refractivity (Wildman–Crippen MR) is 131 cm³/mol. The number of aromatic hydroxyl groups is 2. The highest BCUT2D eigenvalue weighted by Gasteiger charge is 2.04. The van der Waals surface area contributed by atoms with Crippen LogP contribution in [0.4, 0.5) is 0 Å². The van der Waals surface area contributed by atoms with Crippen LogP contribution in [0, 0.1) is 0 Å². The fourth-order valence-electron chi connectivity index (χ4n) is 3.54. The predicted octanol–water partition coefficient (Wildman–Crippen LogP) is -0.197. The summed E-state index contributed by atoms with van der Waals surface area (Å²) < 4.78 is 0. The summed E-state index contributed by atoms with van der Waals surface area (Å²) in [6.07, 6.45) is 4.93. The van der Waals surface area contributed by atoms with Crippen molar-refractivity contribution < 1.29 is 30.4 Å². The average molecular weight is 473 g/mol. The highest BCUT2D eigenvalue weighted by atomic mass is 16.3. The third-order valence-corrected chi connectivity index (χ3v) is 5.48. The number of carbonyl (C=O) groups is 2. The van der Waals surface area contributed by atoms with Crippen LogP contribution in [0.2, 0.25) is 0 Å². The van der Waals surface area contributed by atoms with Gasteiger partial charge in [-0.15, -0.1) is 0 Å². The van der Waals surface area contributed by atoms with Gasteiger partial charge in [-0.2, -0.15) is 0 Å². The van der Waals surface area contributed by atoms with Gasteiger partial charge in [-0.1, -0.05) is 24.3 Å². The van der Waals surface area contributed by atoms with Gasteiger partial charge in [0.25, 0.3) is 0 Å². The Morgan fingerprint density at radius 1 is 0.588 bits per heavy atom. The number of rotatable bonds is 17. The van der Waals surface area contributed by atoms with E-state index >= 15 is 0 Å². The maximum absolute atomic E-state index is 11.9. The van der Waals surface area contributed by atoms with E-state index in [0.717, 1.165) is 50.1 Å². The van der Waals surface area contributed by atoms with Gasteiger partial charge in [-0.25, -0.2) is 0 Å². The molecule has 2 amide bonds. The number of benzene rings is 2. The molecule has 0 aliphatic carbocycles. The van der Waals surface area contributed by atoms with Crippen molar-refractivity contribution in [1.29, 1.82) is 0 Å². The van der Waals surface area contributed by atoms with E-state index in [9.17, 15) is 19.8 Å². The molecule has 186 valence electrons. The summed E-state index contributed by atoms with van der Waals surface area (Å²) in [6, 6.07) is 13.4. The van der Waals surface area contributed by atoms with Crippen LogP contribution in [-0.2, 0) is 22.4 Å². The summed E-state index contributed by atoms with van der Waals surface area (Å²) in [6.45, 7) is 5.59. The lowest BCUT2D eigenvalue weighted by Gasteiger charge is -2.06. The molecule has 0 fully saturated rings. The van der Waals surface area contributed by atoms with E-state index in [1.807, 2.05) is 0 Å². The molecule has 0 bridgehead atoms. The molecule has 0 saturated carbocycles. The van der Waals surface area contributed by atoms with Crippen molar-refractivity contribution in [3.63, 3.8) is 0 Å². The van der Waals surface area contributed by atoms with E-state index in [1.165, 1.54) is 12.8 Å². The van der Waals surface area contributed by atoms with Gasteiger partial charge >= 0.3 is 0 Å². The zero-order valence-corrected chi connectivity index (χ0v) is 20.0. The monoisotopic (exact) mass is 472 g/mol. The van der Waals surface area contributed by atoms with Crippen molar-refractivity contribution in [2.75, 3.05) is 39.3 Å². The van der Waals surface area contributed by atoms with E-state index in [4.69, 9.17) is 0 Å². The Morgan fingerprint density at radius 3 is 1.32 bits per heavy atom. The van der Waals surface area contributed by atoms with Gasteiger partial charge in [0.1, 0.15) is 11.5 Å². The van der Waals surface area contributed by atoms with Crippen LogP contribution in [0.15, 0.2) is 48.5 Å². The standard InChI is InChI=1S/C26H38N4O4/c31-23-9-5-21(6-10-23)19-25(33)29-17-3-15-27-13-1-2-14-28-16-4-18-30-26(34)20-22-7-11-24(32)12-8-22/h5-12,27-28,31-32H,1-4,13-20H2,(H,29,33)(H,30,34)/p+2. The van der Waals surface area contributed by atoms with Gasteiger partial charge in [0, 0.05) is 38.8 Å². The van der Waals surface area contributed by atoms with Gasteiger partial charge < -0.3 is 31.5 Å². The fraction of sp³-hybridized carbons (Fsp3) is 0.462.